The first kappa shape index (κ1) is 18.6. The van der Waals surface area contributed by atoms with Crippen LogP contribution in [0.25, 0.3) is 5.69 Å². The van der Waals surface area contributed by atoms with E-state index < -0.39 is 6.23 Å². The molecule has 3 aromatic rings. The molecule has 0 fully saturated rings. The van der Waals surface area contributed by atoms with Gasteiger partial charge in [0.2, 0.25) is 18.0 Å². The van der Waals surface area contributed by atoms with E-state index in [0.717, 1.165) is 11.3 Å². The number of benzene rings is 2. The molecule has 2 aromatic carbocycles. The van der Waals surface area contributed by atoms with Gasteiger partial charge in [-0.2, -0.15) is 5.01 Å². The Labute approximate surface area is 168 Å². The van der Waals surface area contributed by atoms with Gasteiger partial charge < -0.3 is 19.1 Å². The Morgan fingerprint density at radius 2 is 1.90 bits per heavy atom. The number of amides is 1. The Morgan fingerprint density at radius 1 is 1.17 bits per heavy atom. The zero-order valence-electron chi connectivity index (χ0n) is 16.1. The van der Waals surface area contributed by atoms with Crippen molar-refractivity contribution in [1.29, 1.82) is 0 Å². The molecule has 4 rings (SSSR count). The van der Waals surface area contributed by atoms with Crippen LogP contribution in [-0.4, -0.2) is 33.1 Å². The Hall–Kier alpha value is -3.74. The number of hydrogen-bond acceptors (Lipinski definition) is 5. The standard InChI is InChI=1S/C22H21N3O4/c1-3-28-20-14-17(8-11-19(20)27)22-25(15(2)26)23-21(29-22)16-6-9-18(10-7-16)24-12-4-5-13-24/h4-14,22,27H,3H2,1-2H3. The predicted octanol–water partition coefficient (Wildman–Crippen LogP) is 3.82. The third-order valence-corrected chi connectivity index (χ3v) is 4.55. The van der Waals surface area contributed by atoms with Crippen LogP contribution in [0.4, 0.5) is 0 Å². The number of hydrogen-bond donors (Lipinski definition) is 1. The molecule has 0 saturated carbocycles. The van der Waals surface area contributed by atoms with Crippen LogP contribution in [0.15, 0.2) is 72.1 Å². The van der Waals surface area contributed by atoms with Crippen molar-refractivity contribution in [1.82, 2.24) is 9.58 Å². The summed E-state index contributed by atoms with van der Waals surface area (Å²) in [7, 11) is 0. The molecule has 0 bridgehead atoms. The molecule has 29 heavy (non-hydrogen) atoms. The van der Waals surface area contributed by atoms with Crippen LogP contribution in [0.2, 0.25) is 0 Å². The maximum atomic E-state index is 12.1. The summed E-state index contributed by atoms with van der Waals surface area (Å²) < 4.78 is 13.5. The number of phenols is 1. The van der Waals surface area contributed by atoms with E-state index in [2.05, 4.69) is 5.10 Å². The first-order valence-electron chi connectivity index (χ1n) is 9.31. The van der Waals surface area contributed by atoms with E-state index in [1.165, 1.54) is 18.0 Å². The maximum Gasteiger partial charge on any atom is 0.243 e. The van der Waals surface area contributed by atoms with Gasteiger partial charge in [0.05, 0.1) is 6.61 Å². The van der Waals surface area contributed by atoms with Crippen LogP contribution >= 0.6 is 0 Å². The summed E-state index contributed by atoms with van der Waals surface area (Å²) in [5.74, 6) is 0.474. The minimum Gasteiger partial charge on any atom is -0.504 e. The summed E-state index contributed by atoms with van der Waals surface area (Å²) in [6, 6.07) is 16.5. The van der Waals surface area contributed by atoms with Crippen molar-refractivity contribution in [2.75, 3.05) is 6.61 Å². The van der Waals surface area contributed by atoms with Crippen molar-refractivity contribution in [2.24, 2.45) is 5.10 Å². The number of phenolic OH excluding ortho intramolecular Hbond substituents is 1. The summed E-state index contributed by atoms with van der Waals surface area (Å²) in [6.07, 6.45) is 3.20. The lowest BCUT2D eigenvalue weighted by atomic mass is 10.1. The minimum absolute atomic E-state index is 0.0321. The van der Waals surface area contributed by atoms with Gasteiger partial charge in [-0.1, -0.05) is 0 Å². The molecular formula is C22H21N3O4. The van der Waals surface area contributed by atoms with Gasteiger partial charge in [0.1, 0.15) is 0 Å². The zero-order chi connectivity index (χ0) is 20.4. The summed E-state index contributed by atoms with van der Waals surface area (Å²) in [5.41, 5.74) is 2.43. The predicted molar refractivity (Wildman–Crippen MR) is 108 cm³/mol. The molecule has 0 aliphatic carbocycles. The average Bonchev–Trinajstić information content (AvgIpc) is 3.40. The Bertz CT molecular complexity index is 1040. The van der Waals surface area contributed by atoms with Crippen molar-refractivity contribution in [3.63, 3.8) is 0 Å². The molecule has 1 aliphatic rings. The quantitative estimate of drug-likeness (QED) is 0.717. The number of aromatic nitrogens is 1. The number of nitrogens with zero attached hydrogens (tertiary/aromatic N) is 3. The second-order valence-electron chi connectivity index (χ2n) is 6.54. The topological polar surface area (TPSA) is 76.3 Å². The van der Waals surface area contributed by atoms with Crippen LogP contribution in [0, 0.1) is 0 Å². The van der Waals surface area contributed by atoms with Crippen LogP contribution in [-0.2, 0) is 9.53 Å². The van der Waals surface area contributed by atoms with Gasteiger partial charge in [0.15, 0.2) is 11.5 Å². The number of aromatic hydroxyl groups is 1. The van der Waals surface area contributed by atoms with E-state index in [0.29, 0.717) is 23.8 Å². The van der Waals surface area contributed by atoms with Crippen LogP contribution < -0.4 is 4.74 Å². The summed E-state index contributed by atoms with van der Waals surface area (Å²) in [6.45, 7) is 3.68. The molecule has 0 saturated heterocycles. The molecule has 1 amide bonds. The van der Waals surface area contributed by atoms with E-state index in [-0.39, 0.29) is 11.7 Å². The molecule has 1 aliphatic heterocycles. The third-order valence-electron chi connectivity index (χ3n) is 4.55. The zero-order valence-corrected chi connectivity index (χ0v) is 16.1. The molecule has 1 aromatic heterocycles. The number of hydrazone groups is 1. The molecule has 7 nitrogen and oxygen atoms in total. The second kappa shape index (κ2) is 7.71. The molecule has 0 spiro atoms. The highest BCUT2D eigenvalue weighted by molar-refractivity contribution is 5.96. The van der Waals surface area contributed by atoms with Crippen molar-refractivity contribution >= 4 is 11.8 Å². The second-order valence-corrected chi connectivity index (χ2v) is 6.54. The number of carbonyl (C=O) groups excluding carboxylic acids is 1. The molecule has 2 heterocycles. The number of rotatable bonds is 5. The lowest BCUT2D eigenvalue weighted by Gasteiger charge is -2.20. The molecule has 7 heteroatoms. The van der Waals surface area contributed by atoms with Gasteiger partial charge in [-0.15, -0.1) is 5.10 Å². The highest BCUT2D eigenvalue weighted by Gasteiger charge is 2.33. The van der Waals surface area contributed by atoms with Gasteiger partial charge in [-0.25, -0.2) is 0 Å². The first-order valence-corrected chi connectivity index (χ1v) is 9.31. The van der Waals surface area contributed by atoms with Crippen LogP contribution in [0.3, 0.4) is 0 Å². The molecule has 148 valence electrons. The van der Waals surface area contributed by atoms with E-state index in [9.17, 15) is 9.90 Å². The lowest BCUT2D eigenvalue weighted by molar-refractivity contribution is -0.135. The Morgan fingerprint density at radius 3 is 2.55 bits per heavy atom. The third kappa shape index (κ3) is 3.67. The van der Waals surface area contributed by atoms with E-state index in [1.54, 1.807) is 12.1 Å². The Balaban J connectivity index is 1.61. The normalized spacial score (nSPS) is 15.7. The van der Waals surface area contributed by atoms with Gasteiger partial charge in [-0.05, 0) is 61.5 Å². The SMILES string of the molecule is CCOc1cc(C2OC(c3ccc(-n4cccc4)cc3)=NN2C(C)=O)ccc1O. The molecular weight excluding hydrogens is 370 g/mol. The van der Waals surface area contributed by atoms with Crippen LogP contribution in [0.1, 0.15) is 31.2 Å². The number of carbonyl (C=O) groups is 1. The van der Waals surface area contributed by atoms with Crippen molar-refractivity contribution in [3.8, 4) is 17.2 Å². The summed E-state index contributed by atoms with van der Waals surface area (Å²) in [4.78, 5) is 12.1. The highest BCUT2D eigenvalue weighted by Crippen LogP contribution is 2.35. The fourth-order valence-corrected chi connectivity index (χ4v) is 3.14. The summed E-state index contributed by atoms with van der Waals surface area (Å²) >= 11 is 0. The van der Waals surface area contributed by atoms with Gasteiger partial charge in [0.25, 0.3) is 0 Å². The fraction of sp³-hybridized carbons (Fsp3) is 0.182. The number of ether oxygens (including phenoxy) is 2. The molecule has 1 unspecified atom stereocenters. The van der Waals surface area contributed by atoms with E-state index >= 15 is 0 Å². The maximum absolute atomic E-state index is 12.1. The van der Waals surface area contributed by atoms with Gasteiger partial charge >= 0.3 is 0 Å². The summed E-state index contributed by atoms with van der Waals surface area (Å²) in [5, 5.41) is 15.6. The van der Waals surface area contributed by atoms with Crippen LogP contribution in [0.5, 0.6) is 11.5 Å². The average molecular weight is 391 g/mol. The van der Waals surface area contributed by atoms with E-state index in [4.69, 9.17) is 9.47 Å². The monoisotopic (exact) mass is 391 g/mol. The minimum atomic E-state index is -0.730. The molecule has 0 radical (unpaired) electrons. The lowest BCUT2D eigenvalue weighted by Crippen LogP contribution is -2.25. The van der Waals surface area contributed by atoms with Gasteiger partial charge in [0, 0.05) is 36.1 Å². The smallest absolute Gasteiger partial charge is 0.243 e. The molecule has 1 N–H and O–H groups in total. The fourth-order valence-electron chi connectivity index (χ4n) is 3.14. The largest absolute Gasteiger partial charge is 0.504 e. The van der Waals surface area contributed by atoms with Crippen molar-refractivity contribution in [2.45, 2.75) is 20.1 Å². The Kier molecular flexibility index (Phi) is 4.95. The highest BCUT2D eigenvalue weighted by atomic mass is 16.5. The molecule has 1 atom stereocenters. The van der Waals surface area contributed by atoms with Crippen molar-refractivity contribution in [3.05, 3.63) is 78.1 Å². The first-order chi connectivity index (χ1) is 14.1. The van der Waals surface area contributed by atoms with E-state index in [1.807, 2.05) is 60.3 Å². The van der Waals surface area contributed by atoms with Crippen molar-refractivity contribution < 1.29 is 19.4 Å². The van der Waals surface area contributed by atoms with Gasteiger partial charge in [-0.3, -0.25) is 4.79 Å².